The lowest BCUT2D eigenvalue weighted by Gasteiger charge is -2.36. The molecule has 2 amide bonds. The van der Waals surface area contributed by atoms with Crippen molar-refractivity contribution in [3.63, 3.8) is 0 Å². The maximum absolute atomic E-state index is 11.7. The smallest absolute Gasteiger partial charge is 0.329 e. The van der Waals surface area contributed by atoms with Crippen LogP contribution in [-0.2, 0) is 4.79 Å². The molecule has 3 N–H and O–H groups in total. The number of carbonyl (C=O) groups excluding carboxylic acids is 1. The van der Waals surface area contributed by atoms with Crippen LogP contribution in [0.4, 0.5) is 4.79 Å². The van der Waals surface area contributed by atoms with Crippen LogP contribution in [-0.4, -0.2) is 29.2 Å². The highest BCUT2D eigenvalue weighted by atomic mass is 16.4. The molecule has 0 atom stereocenters. The summed E-state index contributed by atoms with van der Waals surface area (Å²) in [6.07, 6.45) is 6.30. The van der Waals surface area contributed by atoms with Crippen LogP contribution in [0.5, 0.6) is 0 Å². The number of carboxylic acids is 1. The van der Waals surface area contributed by atoms with E-state index in [-0.39, 0.29) is 0 Å². The number of carboxylic acid groups (broad SMARTS) is 1. The molecule has 0 heterocycles. The van der Waals surface area contributed by atoms with Crippen molar-refractivity contribution < 1.29 is 14.7 Å². The van der Waals surface area contributed by atoms with Crippen molar-refractivity contribution >= 4 is 12.0 Å². The fourth-order valence-corrected chi connectivity index (χ4v) is 2.18. The van der Waals surface area contributed by atoms with Crippen LogP contribution in [0.1, 0.15) is 39.5 Å². The number of carbonyl (C=O) groups is 2. The molecule has 1 fully saturated rings. The van der Waals surface area contributed by atoms with E-state index in [2.05, 4.69) is 17.6 Å². The molecule has 0 radical (unpaired) electrons. The number of rotatable bonds is 4. The molecule has 1 saturated carbocycles. The van der Waals surface area contributed by atoms with Crippen molar-refractivity contribution in [1.29, 1.82) is 0 Å². The van der Waals surface area contributed by atoms with E-state index in [0.717, 1.165) is 12.8 Å². The standard InChI is InChI=1S/C13H22N2O3/c1-3-4-9-14-12(18)15-13(11(16)17)7-5-10(2)6-8-13/h3-4,10H,5-9H2,1-2H3,(H,16,17)(H2,14,15,18)/b4-3+. The number of amides is 2. The van der Waals surface area contributed by atoms with E-state index in [1.165, 1.54) is 0 Å². The van der Waals surface area contributed by atoms with Crippen LogP contribution >= 0.6 is 0 Å². The lowest BCUT2D eigenvalue weighted by molar-refractivity contribution is -0.146. The Labute approximate surface area is 108 Å². The number of urea groups is 1. The van der Waals surface area contributed by atoms with Gasteiger partial charge < -0.3 is 15.7 Å². The molecule has 5 nitrogen and oxygen atoms in total. The van der Waals surface area contributed by atoms with Crippen molar-refractivity contribution in [2.45, 2.75) is 45.1 Å². The Kier molecular flexibility index (Phi) is 5.19. The van der Waals surface area contributed by atoms with Crippen LogP contribution in [0.3, 0.4) is 0 Å². The van der Waals surface area contributed by atoms with Crippen LogP contribution in [0.15, 0.2) is 12.2 Å². The van der Waals surface area contributed by atoms with Gasteiger partial charge in [-0.25, -0.2) is 9.59 Å². The average molecular weight is 254 g/mol. The third-order valence-corrected chi connectivity index (χ3v) is 3.51. The maximum atomic E-state index is 11.7. The summed E-state index contributed by atoms with van der Waals surface area (Å²) in [4.78, 5) is 23.0. The van der Waals surface area contributed by atoms with E-state index < -0.39 is 17.5 Å². The topological polar surface area (TPSA) is 78.4 Å². The third-order valence-electron chi connectivity index (χ3n) is 3.51. The molecule has 0 aromatic rings. The fraction of sp³-hybridized carbons (Fsp3) is 0.692. The molecular formula is C13H22N2O3. The highest BCUT2D eigenvalue weighted by molar-refractivity contribution is 5.86. The van der Waals surface area contributed by atoms with E-state index in [0.29, 0.717) is 25.3 Å². The second-order valence-electron chi connectivity index (χ2n) is 4.97. The van der Waals surface area contributed by atoms with Crippen molar-refractivity contribution in [2.75, 3.05) is 6.54 Å². The lowest BCUT2D eigenvalue weighted by Crippen LogP contribution is -2.58. The predicted molar refractivity (Wildman–Crippen MR) is 69.3 cm³/mol. The first-order valence-corrected chi connectivity index (χ1v) is 6.41. The molecule has 0 unspecified atom stereocenters. The Balaban J connectivity index is 2.58. The Morgan fingerprint density at radius 2 is 2.00 bits per heavy atom. The normalized spacial score (nSPS) is 28.0. The van der Waals surface area contributed by atoms with Crippen molar-refractivity contribution in [2.24, 2.45) is 5.92 Å². The van der Waals surface area contributed by atoms with Gasteiger partial charge in [-0.3, -0.25) is 0 Å². The van der Waals surface area contributed by atoms with Gasteiger partial charge in [0, 0.05) is 6.54 Å². The molecule has 102 valence electrons. The van der Waals surface area contributed by atoms with Gasteiger partial charge in [0.05, 0.1) is 0 Å². The molecule has 0 spiro atoms. The number of hydrogen-bond donors (Lipinski definition) is 3. The van der Waals surface area contributed by atoms with Gasteiger partial charge in [-0.2, -0.15) is 0 Å². The summed E-state index contributed by atoms with van der Waals surface area (Å²) in [6.45, 7) is 4.38. The molecular weight excluding hydrogens is 232 g/mol. The van der Waals surface area contributed by atoms with Crippen molar-refractivity contribution in [1.82, 2.24) is 10.6 Å². The molecule has 0 saturated heterocycles. The van der Waals surface area contributed by atoms with E-state index in [1.54, 1.807) is 6.08 Å². The lowest BCUT2D eigenvalue weighted by atomic mass is 9.77. The number of allylic oxidation sites excluding steroid dienone is 1. The van der Waals surface area contributed by atoms with E-state index in [1.807, 2.05) is 13.0 Å². The highest BCUT2D eigenvalue weighted by Gasteiger charge is 2.42. The molecule has 0 aromatic carbocycles. The van der Waals surface area contributed by atoms with Gasteiger partial charge in [0.2, 0.25) is 0 Å². The maximum Gasteiger partial charge on any atom is 0.329 e. The van der Waals surface area contributed by atoms with Crippen molar-refractivity contribution in [3.8, 4) is 0 Å². The highest BCUT2D eigenvalue weighted by Crippen LogP contribution is 2.32. The summed E-state index contributed by atoms with van der Waals surface area (Å²) < 4.78 is 0. The zero-order chi connectivity index (χ0) is 13.6. The molecule has 1 aliphatic rings. The predicted octanol–water partition coefficient (Wildman–Crippen LogP) is 1.90. The summed E-state index contributed by atoms with van der Waals surface area (Å²) in [7, 11) is 0. The van der Waals surface area contributed by atoms with Gasteiger partial charge >= 0.3 is 12.0 Å². The molecule has 5 heteroatoms. The quantitative estimate of drug-likeness (QED) is 0.670. The summed E-state index contributed by atoms with van der Waals surface area (Å²) in [6, 6.07) is -0.412. The summed E-state index contributed by atoms with van der Waals surface area (Å²) in [5.74, 6) is -0.402. The molecule has 0 bridgehead atoms. The van der Waals surface area contributed by atoms with E-state index >= 15 is 0 Å². The second-order valence-corrected chi connectivity index (χ2v) is 4.97. The Morgan fingerprint density at radius 1 is 1.39 bits per heavy atom. The first-order valence-electron chi connectivity index (χ1n) is 6.41. The molecule has 0 aromatic heterocycles. The molecule has 18 heavy (non-hydrogen) atoms. The van der Waals surface area contributed by atoms with Gasteiger partial charge in [0.1, 0.15) is 5.54 Å². The van der Waals surface area contributed by atoms with E-state index in [9.17, 15) is 14.7 Å². The number of aliphatic carboxylic acids is 1. The monoisotopic (exact) mass is 254 g/mol. The summed E-state index contributed by atoms with van der Waals surface area (Å²) >= 11 is 0. The minimum absolute atomic E-state index is 0.411. The summed E-state index contributed by atoms with van der Waals surface area (Å²) in [5, 5.41) is 14.6. The fourth-order valence-electron chi connectivity index (χ4n) is 2.18. The van der Waals surface area contributed by atoms with Crippen LogP contribution in [0.2, 0.25) is 0 Å². The van der Waals surface area contributed by atoms with Crippen LogP contribution < -0.4 is 10.6 Å². The van der Waals surface area contributed by atoms with Gasteiger partial charge in [-0.05, 0) is 38.5 Å². The Hall–Kier alpha value is -1.52. The van der Waals surface area contributed by atoms with E-state index in [4.69, 9.17) is 0 Å². The van der Waals surface area contributed by atoms with Gasteiger partial charge in [-0.1, -0.05) is 19.1 Å². The third kappa shape index (κ3) is 3.75. The number of hydrogen-bond acceptors (Lipinski definition) is 2. The molecule has 0 aliphatic heterocycles. The van der Waals surface area contributed by atoms with Gasteiger partial charge in [-0.15, -0.1) is 0 Å². The second kappa shape index (κ2) is 6.42. The zero-order valence-corrected chi connectivity index (χ0v) is 11.0. The average Bonchev–Trinajstić information content (AvgIpc) is 2.32. The van der Waals surface area contributed by atoms with Crippen LogP contribution in [0.25, 0.3) is 0 Å². The van der Waals surface area contributed by atoms with Crippen molar-refractivity contribution in [3.05, 3.63) is 12.2 Å². The molecule has 1 rings (SSSR count). The van der Waals surface area contributed by atoms with Gasteiger partial charge in [0.15, 0.2) is 0 Å². The Bertz CT molecular complexity index is 331. The van der Waals surface area contributed by atoms with Crippen LogP contribution in [0, 0.1) is 5.92 Å². The Morgan fingerprint density at radius 3 is 2.50 bits per heavy atom. The largest absolute Gasteiger partial charge is 0.480 e. The molecule has 1 aliphatic carbocycles. The zero-order valence-electron chi connectivity index (χ0n) is 11.0. The summed E-state index contributed by atoms with van der Waals surface area (Å²) in [5.41, 5.74) is -1.09. The number of nitrogens with one attached hydrogen (secondary N) is 2. The minimum atomic E-state index is -1.09. The first kappa shape index (κ1) is 14.5. The minimum Gasteiger partial charge on any atom is -0.480 e. The SMILES string of the molecule is C/C=C/CNC(=O)NC1(C(=O)O)CCC(C)CC1. The first-order chi connectivity index (χ1) is 8.50. The van der Waals surface area contributed by atoms with Gasteiger partial charge in [0.25, 0.3) is 0 Å².